The van der Waals surface area contributed by atoms with Crippen LogP contribution in [0.25, 0.3) is 0 Å². The summed E-state index contributed by atoms with van der Waals surface area (Å²) in [4.78, 5) is 18.8. The highest BCUT2D eigenvalue weighted by molar-refractivity contribution is 7.09. The van der Waals surface area contributed by atoms with Crippen molar-refractivity contribution in [2.45, 2.75) is 39.2 Å². The topological polar surface area (TPSA) is 81.4 Å². The van der Waals surface area contributed by atoms with Crippen molar-refractivity contribution >= 4 is 17.2 Å². The molecule has 1 atom stereocenters. The molecule has 0 spiro atoms. The van der Waals surface area contributed by atoms with Crippen molar-refractivity contribution < 1.29 is 13.9 Å². The van der Waals surface area contributed by atoms with E-state index in [1.54, 1.807) is 23.2 Å². The van der Waals surface area contributed by atoms with Gasteiger partial charge < -0.3 is 14.1 Å². The number of carbonyl (C=O) groups excluding carboxylic acids is 1. The SMILES string of the molecule is Cc1nnc([C@H]2CN(C(=O)Cc3csc(C(C)C)n3)CCO2)o1. The molecule has 0 unspecified atom stereocenters. The van der Waals surface area contributed by atoms with E-state index in [2.05, 4.69) is 29.0 Å². The van der Waals surface area contributed by atoms with Gasteiger partial charge in [-0.05, 0) is 0 Å². The first-order valence-corrected chi connectivity index (χ1v) is 8.54. The second-order valence-corrected chi connectivity index (χ2v) is 6.76. The molecule has 0 bridgehead atoms. The number of rotatable bonds is 4. The van der Waals surface area contributed by atoms with Gasteiger partial charge in [-0.15, -0.1) is 21.5 Å². The minimum Gasteiger partial charge on any atom is -0.423 e. The lowest BCUT2D eigenvalue weighted by Gasteiger charge is -2.31. The van der Waals surface area contributed by atoms with E-state index >= 15 is 0 Å². The number of morpholine rings is 1. The van der Waals surface area contributed by atoms with Crippen LogP contribution in [0.1, 0.15) is 48.4 Å². The zero-order chi connectivity index (χ0) is 16.4. The van der Waals surface area contributed by atoms with Crippen molar-refractivity contribution in [1.82, 2.24) is 20.1 Å². The molecule has 7 nitrogen and oxygen atoms in total. The van der Waals surface area contributed by atoms with E-state index in [1.165, 1.54) is 0 Å². The molecule has 0 saturated carbocycles. The molecule has 3 rings (SSSR count). The molecule has 0 radical (unpaired) electrons. The third-order valence-electron chi connectivity index (χ3n) is 3.63. The Kier molecular flexibility index (Phi) is 4.72. The number of carbonyl (C=O) groups is 1. The van der Waals surface area contributed by atoms with Crippen LogP contribution in [-0.4, -0.2) is 45.7 Å². The van der Waals surface area contributed by atoms with E-state index in [-0.39, 0.29) is 12.0 Å². The van der Waals surface area contributed by atoms with Gasteiger partial charge in [-0.1, -0.05) is 13.8 Å². The van der Waals surface area contributed by atoms with Crippen LogP contribution in [0, 0.1) is 6.92 Å². The Balaban J connectivity index is 1.62. The molecule has 0 aliphatic carbocycles. The van der Waals surface area contributed by atoms with Gasteiger partial charge >= 0.3 is 0 Å². The maximum absolute atomic E-state index is 12.5. The highest BCUT2D eigenvalue weighted by Gasteiger charge is 2.29. The quantitative estimate of drug-likeness (QED) is 0.850. The molecule has 3 heterocycles. The first kappa shape index (κ1) is 16.1. The van der Waals surface area contributed by atoms with E-state index in [0.717, 1.165) is 10.7 Å². The van der Waals surface area contributed by atoms with Crippen LogP contribution >= 0.6 is 11.3 Å². The minimum absolute atomic E-state index is 0.0511. The summed E-state index contributed by atoms with van der Waals surface area (Å²) in [6.07, 6.45) is -0.0331. The van der Waals surface area contributed by atoms with Crippen LogP contribution in [0.15, 0.2) is 9.80 Å². The fourth-order valence-corrected chi connectivity index (χ4v) is 3.24. The van der Waals surface area contributed by atoms with Crippen LogP contribution in [0.3, 0.4) is 0 Å². The third-order valence-corrected chi connectivity index (χ3v) is 4.83. The molecular formula is C15H20N4O3S. The fourth-order valence-electron chi connectivity index (χ4n) is 2.40. The van der Waals surface area contributed by atoms with Crippen LogP contribution in [0.4, 0.5) is 0 Å². The van der Waals surface area contributed by atoms with Gasteiger partial charge in [0, 0.05) is 24.8 Å². The monoisotopic (exact) mass is 336 g/mol. The van der Waals surface area contributed by atoms with Crippen LogP contribution in [-0.2, 0) is 16.0 Å². The number of thiazole rings is 1. The first-order chi connectivity index (χ1) is 11.0. The third kappa shape index (κ3) is 3.76. The molecule has 1 saturated heterocycles. The van der Waals surface area contributed by atoms with Crippen molar-refractivity contribution in [3.8, 4) is 0 Å². The average molecular weight is 336 g/mol. The summed E-state index contributed by atoms with van der Waals surface area (Å²) >= 11 is 1.61. The van der Waals surface area contributed by atoms with Gasteiger partial charge in [0.1, 0.15) is 0 Å². The Morgan fingerprint density at radius 3 is 2.96 bits per heavy atom. The predicted octanol–water partition coefficient (Wildman–Crippen LogP) is 2.10. The maximum Gasteiger partial charge on any atom is 0.246 e. The van der Waals surface area contributed by atoms with Gasteiger partial charge in [0.2, 0.25) is 17.7 Å². The Bertz CT molecular complexity index is 682. The standard InChI is InChI=1S/C15H20N4O3S/c1-9(2)15-16-11(8-23-15)6-13(20)19-4-5-21-12(7-19)14-18-17-10(3)22-14/h8-9,12H,4-7H2,1-3H3/t12-/m1/s1. The zero-order valence-electron chi connectivity index (χ0n) is 13.5. The summed E-state index contributed by atoms with van der Waals surface area (Å²) < 4.78 is 11.0. The Morgan fingerprint density at radius 1 is 1.48 bits per heavy atom. The largest absolute Gasteiger partial charge is 0.423 e. The zero-order valence-corrected chi connectivity index (χ0v) is 14.3. The molecule has 0 N–H and O–H groups in total. The second-order valence-electron chi connectivity index (χ2n) is 5.87. The molecule has 1 amide bonds. The van der Waals surface area contributed by atoms with Crippen molar-refractivity contribution in [3.05, 3.63) is 27.9 Å². The molecule has 8 heteroatoms. The number of aryl methyl sites for hydroxylation is 1. The first-order valence-electron chi connectivity index (χ1n) is 7.66. The predicted molar refractivity (Wildman–Crippen MR) is 84.2 cm³/mol. The second kappa shape index (κ2) is 6.76. The molecule has 2 aromatic rings. The van der Waals surface area contributed by atoms with Gasteiger partial charge in [-0.3, -0.25) is 4.79 Å². The van der Waals surface area contributed by atoms with Crippen molar-refractivity contribution in [2.75, 3.05) is 19.7 Å². The number of hydrogen-bond acceptors (Lipinski definition) is 7. The van der Waals surface area contributed by atoms with Gasteiger partial charge in [0.25, 0.3) is 0 Å². The highest BCUT2D eigenvalue weighted by atomic mass is 32.1. The van der Waals surface area contributed by atoms with Gasteiger partial charge in [-0.2, -0.15) is 0 Å². The lowest BCUT2D eigenvalue weighted by Crippen LogP contribution is -2.43. The maximum atomic E-state index is 12.5. The normalized spacial score (nSPS) is 18.6. The Labute approximate surface area is 138 Å². The molecular weight excluding hydrogens is 316 g/mol. The average Bonchev–Trinajstić information content (AvgIpc) is 3.16. The summed E-state index contributed by atoms with van der Waals surface area (Å²) in [5.41, 5.74) is 0.834. The van der Waals surface area contributed by atoms with E-state index in [4.69, 9.17) is 9.15 Å². The minimum atomic E-state index is -0.351. The lowest BCUT2D eigenvalue weighted by molar-refractivity contribution is -0.139. The van der Waals surface area contributed by atoms with E-state index < -0.39 is 0 Å². The van der Waals surface area contributed by atoms with Crippen molar-refractivity contribution in [3.63, 3.8) is 0 Å². The molecule has 1 aliphatic rings. The van der Waals surface area contributed by atoms with E-state index in [0.29, 0.717) is 43.8 Å². The van der Waals surface area contributed by atoms with Crippen LogP contribution in [0.5, 0.6) is 0 Å². The number of amides is 1. The molecule has 1 fully saturated rings. The van der Waals surface area contributed by atoms with Gasteiger partial charge in [0.15, 0.2) is 6.10 Å². The van der Waals surface area contributed by atoms with Gasteiger partial charge in [0.05, 0.1) is 30.3 Å². The molecule has 1 aliphatic heterocycles. The van der Waals surface area contributed by atoms with Crippen LogP contribution in [0.2, 0.25) is 0 Å². The lowest BCUT2D eigenvalue weighted by atomic mass is 10.2. The summed E-state index contributed by atoms with van der Waals surface area (Å²) in [6, 6.07) is 0. The number of aromatic nitrogens is 3. The van der Waals surface area contributed by atoms with E-state index in [1.807, 2.05) is 5.38 Å². The molecule has 23 heavy (non-hydrogen) atoms. The van der Waals surface area contributed by atoms with Crippen LogP contribution < -0.4 is 0 Å². The summed E-state index contributed by atoms with van der Waals surface area (Å²) in [6.45, 7) is 7.40. The van der Waals surface area contributed by atoms with E-state index in [9.17, 15) is 4.79 Å². The summed E-state index contributed by atoms with van der Waals surface area (Å²) in [5.74, 6) is 1.36. The van der Waals surface area contributed by atoms with Gasteiger partial charge in [-0.25, -0.2) is 4.98 Å². The Hall–Kier alpha value is -1.80. The summed E-state index contributed by atoms with van der Waals surface area (Å²) in [5, 5.41) is 10.8. The smallest absolute Gasteiger partial charge is 0.246 e. The Morgan fingerprint density at radius 2 is 2.30 bits per heavy atom. The molecule has 0 aromatic carbocycles. The highest BCUT2D eigenvalue weighted by Crippen LogP contribution is 2.23. The number of ether oxygens (including phenoxy) is 1. The van der Waals surface area contributed by atoms with Crippen molar-refractivity contribution in [2.24, 2.45) is 0 Å². The van der Waals surface area contributed by atoms with Crippen molar-refractivity contribution in [1.29, 1.82) is 0 Å². The fraction of sp³-hybridized carbons (Fsp3) is 0.600. The number of hydrogen-bond donors (Lipinski definition) is 0. The summed E-state index contributed by atoms with van der Waals surface area (Å²) in [7, 11) is 0. The molecule has 2 aromatic heterocycles. The molecule has 124 valence electrons. The number of nitrogens with zero attached hydrogens (tertiary/aromatic N) is 4.